The average molecular weight is 339 g/mol. The van der Waals surface area contributed by atoms with Gasteiger partial charge in [0.05, 0.1) is 6.54 Å². The molecular weight excluding hydrogens is 314 g/mol. The van der Waals surface area contributed by atoms with E-state index in [0.717, 1.165) is 16.9 Å². The van der Waals surface area contributed by atoms with Crippen LogP contribution in [0.1, 0.15) is 29.8 Å². The molecule has 0 aliphatic carbocycles. The van der Waals surface area contributed by atoms with Crippen molar-refractivity contribution < 1.29 is 9.59 Å². The summed E-state index contributed by atoms with van der Waals surface area (Å²) < 4.78 is 0. The maximum atomic E-state index is 12.4. The molecule has 0 unspecified atom stereocenters. The number of carbonyl (C=O) groups is 2. The molecule has 2 amide bonds. The van der Waals surface area contributed by atoms with E-state index in [9.17, 15) is 9.59 Å². The van der Waals surface area contributed by atoms with Crippen LogP contribution in [0.4, 0.5) is 11.4 Å². The van der Waals surface area contributed by atoms with E-state index >= 15 is 0 Å². The fraction of sp³-hybridized carbons (Fsp3) is 0.300. The second kappa shape index (κ2) is 8.87. The summed E-state index contributed by atoms with van der Waals surface area (Å²) in [7, 11) is 0. The molecule has 0 saturated heterocycles. The van der Waals surface area contributed by atoms with Crippen LogP contribution in [0.15, 0.2) is 48.5 Å². The maximum Gasteiger partial charge on any atom is 0.253 e. The standard InChI is InChI=1S/C20H25N3O2/c1-4-23(5-2)20(25)16-9-7-10-17(13-16)21-14-19(24)22-18-11-6-8-15(3)12-18/h6-13,21H,4-5,14H2,1-3H3,(H,22,24). The van der Waals surface area contributed by atoms with Gasteiger partial charge < -0.3 is 15.5 Å². The molecule has 0 bridgehead atoms. The molecule has 0 saturated carbocycles. The first kappa shape index (κ1) is 18.5. The third kappa shape index (κ3) is 5.35. The van der Waals surface area contributed by atoms with Gasteiger partial charge in [-0.2, -0.15) is 0 Å². The fourth-order valence-electron chi connectivity index (χ4n) is 2.57. The lowest BCUT2D eigenvalue weighted by molar-refractivity contribution is -0.114. The van der Waals surface area contributed by atoms with Gasteiger partial charge in [-0.1, -0.05) is 18.2 Å². The summed E-state index contributed by atoms with van der Waals surface area (Å²) in [5.41, 5.74) is 3.23. The minimum Gasteiger partial charge on any atom is -0.376 e. The van der Waals surface area contributed by atoms with Gasteiger partial charge in [-0.15, -0.1) is 0 Å². The van der Waals surface area contributed by atoms with Crippen molar-refractivity contribution in [3.63, 3.8) is 0 Å². The van der Waals surface area contributed by atoms with Gasteiger partial charge in [0.2, 0.25) is 5.91 Å². The second-order valence-electron chi connectivity index (χ2n) is 5.83. The summed E-state index contributed by atoms with van der Waals surface area (Å²) in [5.74, 6) is -0.135. The number of aryl methyl sites for hydroxylation is 1. The maximum absolute atomic E-state index is 12.4. The molecular formula is C20H25N3O2. The van der Waals surface area contributed by atoms with Crippen LogP contribution in [0.3, 0.4) is 0 Å². The molecule has 25 heavy (non-hydrogen) atoms. The molecule has 0 aliphatic heterocycles. The Morgan fingerprint density at radius 2 is 1.64 bits per heavy atom. The van der Waals surface area contributed by atoms with Crippen LogP contribution in [-0.2, 0) is 4.79 Å². The molecule has 2 aromatic carbocycles. The number of hydrogen-bond acceptors (Lipinski definition) is 3. The Bertz CT molecular complexity index is 739. The molecule has 0 aliphatic rings. The first-order valence-electron chi connectivity index (χ1n) is 8.53. The number of benzene rings is 2. The highest BCUT2D eigenvalue weighted by atomic mass is 16.2. The lowest BCUT2D eigenvalue weighted by atomic mass is 10.1. The van der Waals surface area contributed by atoms with Gasteiger partial charge in [0, 0.05) is 30.0 Å². The van der Waals surface area contributed by atoms with Crippen molar-refractivity contribution in [2.45, 2.75) is 20.8 Å². The molecule has 5 nitrogen and oxygen atoms in total. The normalized spacial score (nSPS) is 10.2. The van der Waals surface area contributed by atoms with E-state index in [4.69, 9.17) is 0 Å². The first-order valence-corrected chi connectivity index (χ1v) is 8.53. The molecule has 0 heterocycles. The van der Waals surface area contributed by atoms with Crippen molar-refractivity contribution in [3.8, 4) is 0 Å². The number of nitrogens with zero attached hydrogens (tertiary/aromatic N) is 1. The number of carbonyl (C=O) groups excluding carboxylic acids is 2. The van der Waals surface area contributed by atoms with Crippen molar-refractivity contribution in [3.05, 3.63) is 59.7 Å². The van der Waals surface area contributed by atoms with E-state index in [-0.39, 0.29) is 18.4 Å². The minimum absolute atomic E-state index is 0.00198. The number of amides is 2. The van der Waals surface area contributed by atoms with Gasteiger partial charge in [0.15, 0.2) is 0 Å². The van der Waals surface area contributed by atoms with Gasteiger partial charge in [0.1, 0.15) is 0 Å². The van der Waals surface area contributed by atoms with Crippen molar-refractivity contribution in [2.24, 2.45) is 0 Å². The number of nitrogens with one attached hydrogen (secondary N) is 2. The highest BCUT2D eigenvalue weighted by molar-refractivity contribution is 5.96. The zero-order valence-corrected chi connectivity index (χ0v) is 15.0. The molecule has 0 aromatic heterocycles. The predicted molar refractivity (Wildman–Crippen MR) is 102 cm³/mol. The molecule has 2 aromatic rings. The zero-order valence-electron chi connectivity index (χ0n) is 15.0. The van der Waals surface area contributed by atoms with E-state index in [2.05, 4.69) is 10.6 Å². The second-order valence-corrected chi connectivity index (χ2v) is 5.83. The van der Waals surface area contributed by atoms with E-state index < -0.39 is 0 Å². The third-order valence-electron chi connectivity index (χ3n) is 3.92. The van der Waals surface area contributed by atoms with Crippen LogP contribution in [0.2, 0.25) is 0 Å². The molecule has 2 N–H and O–H groups in total. The van der Waals surface area contributed by atoms with Crippen molar-refractivity contribution in [1.29, 1.82) is 0 Å². The minimum atomic E-state index is -0.133. The summed E-state index contributed by atoms with van der Waals surface area (Å²) >= 11 is 0. The summed E-state index contributed by atoms with van der Waals surface area (Å²) in [6.07, 6.45) is 0. The highest BCUT2D eigenvalue weighted by Crippen LogP contribution is 2.13. The Morgan fingerprint density at radius 3 is 2.32 bits per heavy atom. The zero-order chi connectivity index (χ0) is 18.2. The largest absolute Gasteiger partial charge is 0.376 e. The Morgan fingerprint density at radius 1 is 0.960 bits per heavy atom. The molecule has 0 radical (unpaired) electrons. The number of anilines is 2. The van der Waals surface area contributed by atoms with E-state index in [1.54, 1.807) is 17.0 Å². The fourth-order valence-corrected chi connectivity index (χ4v) is 2.57. The molecule has 132 valence electrons. The summed E-state index contributed by atoms with van der Waals surface area (Å²) in [6, 6.07) is 14.9. The first-order chi connectivity index (χ1) is 12.0. The SMILES string of the molecule is CCN(CC)C(=O)c1cccc(NCC(=O)Nc2cccc(C)c2)c1. The summed E-state index contributed by atoms with van der Waals surface area (Å²) in [6.45, 7) is 7.37. The monoisotopic (exact) mass is 339 g/mol. The van der Waals surface area contributed by atoms with Crippen LogP contribution in [-0.4, -0.2) is 36.3 Å². The number of hydrogen-bond donors (Lipinski definition) is 2. The molecule has 5 heteroatoms. The van der Waals surface area contributed by atoms with Crippen molar-refractivity contribution in [2.75, 3.05) is 30.3 Å². The third-order valence-corrected chi connectivity index (χ3v) is 3.92. The Balaban J connectivity index is 1.95. The lowest BCUT2D eigenvalue weighted by Gasteiger charge is -2.19. The molecule has 0 atom stereocenters. The Hall–Kier alpha value is -2.82. The van der Waals surface area contributed by atoms with Gasteiger partial charge in [0.25, 0.3) is 5.91 Å². The summed E-state index contributed by atoms with van der Waals surface area (Å²) in [5, 5.41) is 5.92. The molecule has 0 fully saturated rings. The molecule has 0 spiro atoms. The van der Waals surface area contributed by atoms with E-state index in [1.165, 1.54) is 0 Å². The number of rotatable bonds is 7. The van der Waals surface area contributed by atoms with Crippen LogP contribution in [0.5, 0.6) is 0 Å². The molecule has 2 rings (SSSR count). The van der Waals surface area contributed by atoms with Gasteiger partial charge >= 0.3 is 0 Å². The smallest absolute Gasteiger partial charge is 0.253 e. The van der Waals surface area contributed by atoms with Crippen LogP contribution < -0.4 is 10.6 Å². The average Bonchev–Trinajstić information content (AvgIpc) is 2.61. The Kier molecular flexibility index (Phi) is 6.57. The Labute approximate surface area is 149 Å². The van der Waals surface area contributed by atoms with Crippen molar-refractivity contribution in [1.82, 2.24) is 4.90 Å². The van der Waals surface area contributed by atoms with Gasteiger partial charge in [-0.3, -0.25) is 9.59 Å². The van der Waals surface area contributed by atoms with Crippen LogP contribution in [0, 0.1) is 6.92 Å². The highest BCUT2D eigenvalue weighted by Gasteiger charge is 2.12. The van der Waals surface area contributed by atoms with E-state index in [1.807, 2.05) is 57.2 Å². The van der Waals surface area contributed by atoms with Gasteiger partial charge in [-0.05, 0) is 56.7 Å². The summed E-state index contributed by atoms with van der Waals surface area (Å²) in [4.78, 5) is 26.2. The predicted octanol–water partition coefficient (Wildman–Crippen LogP) is 3.53. The topological polar surface area (TPSA) is 61.4 Å². The van der Waals surface area contributed by atoms with Crippen molar-refractivity contribution >= 4 is 23.2 Å². The quantitative estimate of drug-likeness (QED) is 0.811. The van der Waals surface area contributed by atoms with Crippen LogP contribution in [0.25, 0.3) is 0 Å². The van der Waals surface area contributed by atoms with E-state index in [0.29, 0.717) is 18.7 Å². The van der Waals surface area contributed by atoms with Crippen LogP contribution >= 0.6 is 0 Å². The lowest BCUT2D eigenvalue weighted by Crippen LogP contribution is -2.30. The van der Waals surface area contributed by atoms with Gasteiger partial charge in [-0.25, -0.2) is 0 Å².